The molecule has 2 N–H and O–H groups in total. The van der Waals surface area contributed by atoms with Crippen molar-refractivity contribution < 1.29 is 22.3 Å². The maximum Gasteiger partial charge on any atom is 0.267 e. The first kappa shape index (κ1) is 23.7. The van der Waals surface area contributed by atoms with Gasteiger partial charge in [0.15, 0.2) is 11.5 Å². The van der Waals surface area contributed by atoms with E-state index in [4.69, 9.17) is 9.47 Å². The van der Waals surface area contributed by atoms with Crippen molar-refractivity contribution in [2.24, 2.45) is 0 Å². The summed E-state index contributed by atoms with van der Waals surface area (Å²) in [6.07, 6.45) is 5.11. The summed E-state index contributed by atoms with van der Waals surface area (Å²) < 4.78 is 55.2. The lowest BCUT2D eigenvalue weighted by atomic mass is 10.0. The van der Waals surface area contributed by atoms with Gasteiger partial charge in [-0.1, -0.05) is 12.1 Å². The Balaban J connectivity index is 1.56. The Morgan fingerprint density at radius 2 is 1.78 bits per heavy atom. The molecule has 1 fully saturated rings. The fraction of sp³-hybridized carbons (Fsp3) is 0.250. The van der Waals surface area contributed by atoms with Gasteiger partial charge in [0, 0.05) is 36.0 Å². The number of benzene rings is 1. The van der Waals surface area contributed by atoms with E-state index in [0.29, 0.717) is 22.5 Å². The molecule has 10 nitrogen and oxygen atoms in total. The second-order valence-electron chi connectivity index (χ2n) is 8.22. The number of nitrogens with one attached hydrogen (secondary N) is 2. The standard InChI is InChI=1S/C24H23FN6O4S/c1-26-24-28-12-15-9-17(22(34-2)29-21(15)30-24)16-5-4-6-18(20(16)25)31-36(32,33)19-10-14(13-7-8-13)11-27-23(19)35-3/h4-6,9-13,31H,7-8H2,1-3H3,(H,26,28,29,30). The third-order valence-electron chi connectivity index (χ3n) is 5.85. The van der Waals surface area contributed by atoms with E-state index in [1.807, 2.05) is 0 Å². The number of pyridine rings is 2. The molecule has 0 saturated heterocycles. The molecule has 1 aromatic carbocycles. The van der Waals surface area contributed by atoms with Gasteiger partial charge in [0.2, 0.25) is 17.7 Å². The van der Waals surface area contributed by atoms with Crippen molar-refractivity contribution in [3.05, 3.63) is 54.1 Å². The van der Waals surface area contributed by atoms with Crippen LogP contribution < -0.4 is 19.5 Å². The number of methoxy groups -OCH3 is 2. The van der Waals surface area contributed by atoms with E-state index < -0.39 is 15.8 Å². The van der Waals surface area contributed by atoms with E-state index in [-0.39, 0.29) is 33.8 Å². The van der Waals surface area contributed by atoms with Crippen molar-refractivity contribution >= 4 is 32.7 Å². The molecule has 1 aliphatic rings. The lowest BCUT2D eigenvalue weighted by molar-refractivity contribution is 0.385. The van der Waals surface area contributed by atoms with Crippen LogP contribution in [0.25, 0.3) is 22.2 Å². The molecule has 1 saturated carbocycles. The molecule has 0 amide bonds. The van der Waals surface area contributed by atoms with E-state index in [0.717, 1.165) is 18.4 Å². The average molecular weight is 511 g/mol. The summed E-state index contributed by atoms with van der Waals surface area (Å²) in [7, 11) is 0.214. The zero-order chi connectivity index (χ0) is 25.4. The van der Waals surface area contributed by atoms with Crippen molar-refractivity contribution in [1.82, 2.24) is 19.9 Å². The third-order valence-corrected chi connectivity index (χ3v) is 7.21. The number of ether oxygens (including phenoxy) is 2. The Morgan fingerprint density at radius 1 is 1.00 bits per heavy atom. The van der Waals surface area contributed by atoms with Gasteiger partial charge in [0.25, 0.3) is 10.0 Å². The highest BCUT2D eigenvalue weighted by atomic mass is 32.2. The van der Waals surface area contributed by atoms with Crippen molar-refractivity contribution in [2.45, 2.75) is 23.7 Å². The zero-order valence-electron chi connectivity index (χ0n) is 19.7. The molecule has 0 aliphatic heterocycles. The minimum atomic E-state index is -4.22. The Morgan fingerprint density at radius 3 is 2.47 bits per heavy atom. The number of hydrogen-bond donors (Lipinski definition) is 2. The van der Waals surface area contributed by atoms with Gasteiger partial charge < -0.3 is 14.8 Å². The number of halogens is 1. The Labute approximate surface area is 207 Å². The van der Waals surface area contributed by atoms with Gasteiger partial charge in [0.1, 0.15) is 4.90 Å². The first-order valence-corrected chi connectivity index (χ1v) is 12.6. The number of sulfonamides is 1. The molecule has 1 aliphatic carbocycles. The highest BCUT2D eigenvalue weighted by molar-refractivity contribution is 7.92. The molecule has 0 atom stereocenters. The highest BCUT2D eigenvalue weighted by Gasteiger charge is 2.29. The second kappa shape index (κ2) is 9.19. The van der Waals surface area contributed by atoms with Crippen LogP contribution in [0.2, 0.25) is 0 Å². The molecule has 3 heterocycles. The second-order valence-corrected chi connectivity index (χ2v) is 9.88. The molecule has 0 spiro atoms. The van der Waals surface area contributed by atoms with E-state index in [2.05, 4.69) is 30.0 Å². The minimum Gasteiger partial charge on any atom is -0.480 e. The van der Waals surface area contributed by atoms with Crippen LogP contribution in [0.1, 0.15) is 24.3 Å². The molecular formula is C24H23FN6O4S. The van der Waals surface area contributed by atoms with Crippen LogP contribution in [0.5, 0.6) is 11.8 Å². The molecule has 186 valence electrons. The van der Waals surface area contributed by atoms with E-state index in [9.17, 15) is 8.42 Å². The summed E-state index contributed by atoms with van der Waals surface area (Å²) in [4.78, 5) is 16.8. The highest BCUT2D eigenvalue weighted by Crippen LogP contribution is 2.42. The van der Waals surface area contributed by atoms with Crippen LogP contribution in [0.15, 0.2) is 47.6 Å². The molecule has 3 aromatic heterocycles. The van der Waals surface area contributed by atoms with Gasteiger partial charge in [0.05, 0.1) is 19.9 Å². The molecule has 12 heteroatoms. The predicted molar refractivity (Wildman–Crippen MR) is 132 cm³/mol. The predicted octanol–water partition coefficient (Wildman–Crippen LogP) is 3.96. The summed E-state index contributed by atoms with van der Waals surface area (Å²) in [5.74, 6) is -0.0740. The van der Waals surface area contributed by atoms with Gasteiger partial charge in [-0.2, -0.15) is 9.97 Å². The summed E-state index contributed by atoms with van der Waals surface area (Å²) in [5.41, 5.74) is 1.34. The first-order chi connectivity index (χ1) is 17.3. The Bertz CT molecular complexity index is 1580. The Hall–Kier alpha value is -4.06. The van der Waals surface area contributed by atoms with Crippen LogP contribution in [0, 0.1) is 5.82 Å². The van der Waals surface area contributed by atoms with Gasteiger partial charge in [-0.15, -0.1) is 0 Å². The first-order valence-electron chi connectivity index (χ1n) is 11.1. The van der Waals surface area contributed by atoms with Crippen molar-refractivity contribution in [1.29, 1.82) is 0 Å². The summed E-state index contributed by atoms with van der Waals surface area (Å²) >= 11 is 0. The monoisotopic (exact) mass is 510 g/mol. The number of anilines is 2. The number of aromatic nitrogens is 4. The fourth-order valence-electron chi connectivity index (χ4n) is 3.87. The van der Waals surface area contributed by atoms with Crippen LogP contribution in [0.3, 0.4) is 0 Å². The van der Waals surface area contributed by atoms with E-state index in [1.54, 1.807) is 25.5 Å². The molecule has 0 radical (unpaired) electrons. The molecule has 36 heavy (non-hydrogen) atoms. The lowest BCUT2D eigenvalue weighted by Crippen LogP contribution is -2.16. The number of hydrogen-bond acceptors (Lipinski definition) is 9. The van der Waals surface area contributed by atoms with Crippen molar-refractivity contribution in [3.63, 3.8) is 0 Å². The van der Waals surface area contributed by atoms with Gasteiger partial charge in [-0.25, -0.2) is 22.8 Å². The third kappa shape index (κ3) is 4.35. The molecule has 0 unspecified atom stereocenters. The maximum absolute atomic E-state index is 15.7. The molecule has 4 aromatic rings. The van der Waals surface area contributed by atoms with Crippen LogP contribution >= 0.6 is 0 Å². The average Bonchev–Trinajstić information content (AvgIpc) is 3.74. The topological polar surface area (TPSA) is 128 Å². The molecule has 0 bridgehead atoms. The van der Waals surface area contributed by atoms with Crippen molar-refractivity contribution in [3.8, 4) is 22.9 Å². The van der Waals surface area contributed by atoms with E-state index in [1.165, 1.54) is 38.5 Å². The van der Waals surface area contributed by atoms with Crippen LogP contribution in [0.4, 0.5) is 16.0 Å². The number of fused-ring (bicyclic) bond motifs is 1. The molecule has 5 rings (SSSR count). The zero-order valence-corrected chi connectivity index (χ0v) is 20.6. The SMILES string of the molecule is CNc1ncc2cc(-c3cccc(NS(=O)(=O)c4cc(C5CC5)cnc4OC)c3F)c(OC)nc2n1. The Kier molecular flexibility index (Phi) is 6.04. The summed E-state index contributed by atoms with van der Waals surface area (Å²) in [5, 5.41) is 3.39. The molecular weight excluding hydrogens is 487 g/mol. The van der Waals surface area contributed by atoms with Crippen LogP contribution in [-0.4, -0.2) is 49.6 Å². The number of rotatable bonds is 8. The van der Waals surface area contributed by atoms with Gasteiger partial charge in [-0.3, -0.25) is 4.72 Å². The number of nitrogens with zero attached hydrogens (tertiary/aromatic N) is 4. The van der Waals surface area contributed by atoms with E-state index >= 15 is 4.39 Å². The smallest absolute Gasteiger partial charge is 0.267 e. The van der Waals surface area contributed by atoms with Crippen LogP contribution in [-0.2, 0) is 10.0 Å². The normalized spacial score (nSPS) is 13.4. The lowest BCUT2D eigenvalue weighted by Gasteiger charge is -2.15. The van der Waals surface area contributed by atoms with Gasteiger partial charge >= 0.3 is 0 Å². The van der Waals surface area contributed by atoms with Gasteiger partial charge in [-0.05, 0) is 42.5 Å². The minimum absolute atomic E-state index is 0.0650. The summed E-state index contributed by atoms with van der Waals surface area (Å²) in [6.45, 7) is 0. The summed E-state index contributed by atoms with van der Waals surface area (Å²) in [6, 6.07) is 7.56. The fourth-order valence-corrected chi connectivity index (χ4v) is 5.08. The van der Waals surface area contributed by atoms with Crippen molar-refractivity contribution in [2.75, 3.05) is 31.3 Å². The maximum atomic E-state index is 15.7. The quantitative estimate of drug-likeness (QED) is 0.362. The largest absolute Gasteiger partial charge is 0.480 e.